The van der Waals surface area contributed by atoms with E-state index in [-0.39, 0.29) is 0 Å². The van der Waals surface area contributed by atoms with Crippen molar-refractivity contribution in [2.24, 2.45) is 5.73 Å². The largest absolute Gasteiger partial charge is 0.354 e. The fourth-order valence-corrected chi connectivity index (χ4v) is 2.46. The number of fused-ring (bicyclic) bond motifs is 1. The molecule has 0 atom stereocenters. The molecule has 2 heterocycles. The van der Waals surface area contributed by atoms with Crippen LogP contribution in [0.3, 0.4) is 0 Å². The second kappa shape index (κ2) is 5.32. The third kappa shape index (κ3) is 2.82. The lowest BCUT2D eigenvalue weighted by Gasteiger charge is -2.14. The molecule has 1 aromatic heterocycles. The molecule has 3 N–H and O–H groups in total. The number of thioether (sulfide) groups is 1. The van der Waals surface area contributed by atoms with Gasteiger partial charge in [0.05, 0.1) is 5.69 Å². The normalized spacial score (nSPS) is 14.7. The highest BCUT2D eigenvalue weighted by Crippen LogP contribution is 2.22. The SMILES string of the molecule is NCCCNc1ncc2c(n1)CCSC2. The van der Waals surface area contributed by atoms with Gasteiger partial charge in [-0.25, -0.2) is 9.97 Å². The van der Waals surface area contributed by atoms with Crippen LogP contribution in [-0.4, -0.2) is 28.8 Å². The Balaban J connectivity index is 2.00. The number of aryl methyl sites for hydroxylation is 1. The number of hydrogen-bond acceptors (Lipinski definition) is 5. The summed E-state index contributed by atoms with van der Waals surface area (Å²) in [6.45, 7) is 1.55. The number of anilines is 1. The maximum absolute atomic E-state index is 5.42. The first-order valence-electron chi connectivity index (χ1n) is 5.26. The summed E-state index contributed by atoms with van der Waals surface area (Å²) in [7, 11) is 0. The quantitative estimate of drug-likeness (QED) is 0.748. The molecule has 0 aromatic carbocycles. The third-order valence-electron chi connectivity index (χ3n) is 2.36. The summed E-state index contributed by atoms with van der Waals surface area (Å²) < 4.78 is 0. The molecule has 2 rings (SSSR count). The van der Waals surface area contributed by atoms with E-state index in [9.17, 15) is 0 Å². The first kappa shape index (κ1) is 10.7. The summed E-state index contributed by atoms with van der Waals surface area (Å²) in [5.74, 6) is 2.97. The fraction of sp³-hybridized carbons (Fsp3) is 0.600. The zero-order chi connectivity index (χ0) is 10.5. The summed E-state index contributed by atoms with van der Waals surface area (Å²) in [4.78, 5) is 8.80. The summed E-state index contributed by atoms with van der Waals surface area (Å²) in [5, 5.41) is 3.19. The molecule has 1 aromatic rings. The molecule has 5 heteroatoms. The molecule has 82 valence electrons. The zero-order valence-electron chi connectivity index (χ0n) is 8.70. The summed E-state index contributed by atoms with van der Waals surface area (Å²) in [5.41, 5.74) is 7.91. The van der Waals surface area contributed by atoms with Gasteiger partial charge >= 0.3 is 0 Å². The number of hydrogen-bond donors (Lipinski definition) is 2. The Hall–Kier alpha value is -0.810. The van der Waals surface area contributed by atoms with Crippen molar-refractivity contribution in [3.63, 3.8) is 0 Å². The van der Waals surface area contributed by atoms with Crippen molar-refractivity contribution in [2.75, 3.05) is 24.2 Å². The molecule has 4 nitrogen and oxygen atoms in total. The van der Waals surface area contributed by atoms with Gasteiger partial charge in [-0.1, -0.05) is 0 Å². The molecule has 0 radical (unpaired) electrons. The molecule has 0 fully saturated rings. The van der Waals surface area contributed by atoms with Gasteiger partial charge in [-0.15, -0.1) is 0 Å². The van der Waals surface area contributed by atoms with E-state index >= 15 is 0 Å². The number of nitrogens with two attached hydrogens (primary N) is 1. The van der Waals surface area contributed by atoms with E-state index < -0.39 is 0 Å². The predicted molar refractivity (Wildman–Crippen MR) is 64.1 cm³/mol. The molecule has 0 spiro atoms. The van der Waals surface area contributed by atoms with Gasteiger partial charge in [-0.2, -0.15) is 11.8 Å². The van der Waals surface area contributed by atoms with Gasteiger partial charge in [0.25, 0.3) is 0 Å². The zero-order valence-corrected chi connectivity index (χ0v) is 9.52. The Morgan fingerprint density at radius 1 is 1.53 bits per heavy atom. The van der Waals surface area contributed by atoms with Crippen LogP contribution in [0.5, 0.6) is 0 Å². The minimum absolute atomic E-state index is 0.703. The maximum Gasteiger partial charge on any atom is 0.222 e. The molecule has 0 saturated carbocycles. The van der Waals surface area contributed by atoms with Crippen LogP contribution in [0.25, 0.3) is 0 Å². The average molecular weight is 224 g/mol. The minimum atomic E-state index is 0.703. The number of nitrogens with zero attached hydrogens (tertiary/aromatic N) is 2. The van der Waals surface area contributed by atoms with Crippen molar-refractivity contribution >= 4 is 17.7 Å². The molecule has 0 unspecified atom stereocenters. The number of aromatic nitrogens is 2. The topological polar surface area (TPSA) is 63.8 Å². The van der Waals surface area contributed by atoms with Crippen LogP contribution in [0.4, 0.5) is 5.95 Å². The van der Waals surface area contributed by atoms with Gasteiger partial charge in [-0.05, 0) is 25.1 Å². The molecule has 0 saturated heterocycles. The average Bonchev–Trinajstić information content (AvgIpc) is 2.29. The Bertz CT molecular complexity index is 329. The highest BCUT2D eigenvalue weighted by atomic mass is 32.2. The van der Waals surface area contributed by atoms with Crippen LogP contribution in [0, 0.1) is 0 Å². The van der Waals surface area contributed by atoms with Crippen LogP contribution in [0.15, 0.2) is 6.20 Å². The molecule has 15 heavy (non-hydrogen) atoms. The van der Waals surface area contributed by atoms with E-state index in [1.54, 1.807) is 0 Å². The van der Waals surface area contributed by atoms with Crippen molar-refractivity contribution in [3.8, 4) is 0 Å². The van der Waals surface area contributed by atoms with Gasteiger partial charge in [-0.3, -0.25) is 0 Å². The second-order valence-corrected chi connectivity index (χ2v) is 4.64. The van der Waals surface area contributed by atoms with E-state index in [2.05, 4.69) is 15.3 Å². The molecule has 0 bridgehead atoms. The lowest BCUT2D eigenvalue weighted by molar-refractivity contribution is 0.855. The first-order chi connectivity index (χ1) is 7.40. The van der Waals surface area contributed by atoms with E-state index in [1.807, 2.05) is 18.0 Å². The molecule has 0 aliphatic carbocycles. The van der Waals surface area contributed by atoms with Crippen LogP contribution < -0.4 is 11.1 Å². The van der Waals surface area contributed by atoms with Crippen molar-refractivity contribution in [3.05, 3.63) is 17.5 Å². The molecule has 1 aliphatic heterocycles. The minimum Gasteiger partial charge on any atom is -0.354 e. The summed E-state index contributed by atoms with van der Waals surface area (Å²) in [6, 6.07) is 0. The Kier molecular flexibility index (Phi) is 3.80. The summed E-state index contributed by atoms with van der Waals surface area (Å²) >= 11 is 1.95. The monoisotopic (exact) mass is 224 g/mol. The van der Waals surface area contributed by atoms with E-state index in [0.29, 0.717) is 6.54 Å². The molecule has 0 amide bonds. The highest BCUT2D eigenvalue weighted by Gasteiger charge is 2.11. The number of rotatable bonds is 4. The van der Waals surface area contributed by atoms with Crippen LogP contribution in [-0.2, 0) is 12.2 Å². The molecular weight excluding hydrogens is 208 g/mol. The van der Waals surface area contributed by atoms with Gasteiger partial charge in [0, 0.05) is 24.1 Å². The lowest BCUT2D eigenvalue weighted by Crippen LogP contribution is -2.13. The highest BCUT2D eigenvalue weighted by molar-refractivity contribution is 7.98. The Labute approximate surface area is 94.1 Å². The Morgan fingerprint density at radius 2 is 2.47 bits per heavy atom. The van der Waals surface area contributed by atoms with Gasteiger partial charge in [0.1, 0.15) is 0 Å². The summed E-state index contributed by atoms with van der Waals surface area (Å²) in [6.07, 6.45) is 3.96. The molecule has 1 aliphatic rings. The van der Waals surface area contributed by atoms with Gasteiger partial charge in [0.15, 0.2) is 0 Å². The van der Waals surface area contributed by atoms with Gasteiger partial charge < -0.3 is 11.1 Å². The van der Waals surface area contributed by atoms with Crippen molar-refractivity contribution < 1.29 is 0 Å². The second-order valence-electron chi connectivity index (χ2n) is 3.54. The first-order valence-corrected chi connectivity index (χ1v) is 6.42. The number of nitrogens with one attached hydrogen (secondary N) is 1. The lowest BCUT2D eigenvalue weighted by atomic mass is 10.2. The van der Waals surface area contributed by atoms with E-state index in [0.717, 1.165) is 31.1 Å². The third-order valence-corrected chi connectivity index (χ3v) is 3.37. The van der Waals surface area contributed by atoms with Crippen LogP contribution >= 0.6 is 11.8 Å². The smallest absolute Gasteiger partial charge is 0.222 e. The Morgan fingerprint density at radius 3 is 3.33 bits per heavy atom. The van der Waals surface area contributed by atoms with Crippen molar-refractivity contribution in [2.45, 2.75) is 18.6 Å². The van der Waals surface area contributed by atoms with Crippen LogP contribution in [0.2, 0.25) is 0 Å². The predicted octanol–water partition coefficient (Wildman–Crippen LogP) is 1.03. The van der Waals surface area contributed by atoms with Crippen molar-refractivity contribution in [1.29, 1.82) is 0 Å². The fourth-order valence-electron chi connectivity index (χ4n) is 1.52. The maximum atomic E-state index is 5.42. The van der Waals surface area contributed by atoms with E-state index in [4.69, 9.17) is 5.73 Å². The van der Waals surface area contributed by atoms with Crippen molar-refractivity contribution in [1.82, 2.24) is 9.97 Å². The molecular formula is C10H16N4S. The van der Waals surface area contributed by atoms with Gasteiger partial charge in [0.2, 0.25) is 5.95 Å². The van der Waals surface area contributed by atoms with Crippen LogP contribution in [0.1, 0.15) is 17.7 Å². The standard InChI is InChI=1S/C10H16N4S/c11-3-1-4-12-10-13-6-8-7-15-5-2-9(8)14-10/h6H,1-5,7,11H2,(H,12,13,14). The van der Waals surface area contributed by atoms with E-state index in [1.165, 1.54) is 17.0 Å².